The summed E-state index contributed by atoms with van der Waals surface area (Å²) >= 11 is 0. The van der Waals surface area contributed by atoms with Crippen LogP contribution in [0.2, 0.25) is 0 Å². The molecule has 37 heavy (non-hydrogen) atoms. The number of hydrogen-bond acceptors (Lipinski definition) is 6. The first-order valence-electron chi connectivity index (χ1n) is 13.4. The van der Waals surface area contributed by atoms with Crippen LogP contribution < -0.4 is 5.56 Å². The van der Waals surface area contributed by atoms with Crippen LogP contribution in [0.5, 0.6) is 0 Å². The van der Waals surface area contributed by atoms with Gasteiger partial charge in [-0.2, -0.15) is 0 Å². The molecule has 3 aromatic rings. The van der Waals surface area contributed by atoms with E-state index in [-0.39, 0.29) is 23.6 Å². The van der Waals surface area contributed by atoms with Gasteiger partial charge >= 0.3 is 5.97 Å². The van der Waals surface area contributed by atoms with Gasteiger partial charge in [-0.3, -0.25) is 9.59 Å². The van der Waals surface area contributed by atoms with E-state index in [1.165, 1.54) is 0 Å². The summed E-state index contributed by atoms with van der Waals surface area (Å²) in [5.74, 6) is 0.114. The van der Waals surface area contributed by atoms with E-state index in [4.69, 9.17) is 14.5 Å². The zero-order valence-electron chi connectivity index (χ0n) is 22.3. The van der Waals surface area contributed by atoms with Crippen LogP contribution >= 0.6 is 0 Å². The lowest BCUT2D eigenvalue weighted by molar-refractivity contribution is -0.153. The lowest BCUT2D eigenvalue weighted by atomic mass is 9.95. The molecule has 2 aromatic heterocycles. The third-order valence-electron chi connectivity index (χ3n) is 7.01. The minimum absolute atomic E-state index is 0.108. The second-order valence-corrected chi connectivity index (χ2v) is 10.7. The molecule has 1 fully saturated rings. The van der Waals surface area contributed by atoms with Crippen molar-refractivity contribution in [3.8, 4) is 11.4 Å². The van der Waals surface area contributed by atoms with Crippen LogP contribution in [0.15, 0.2) is 35.3 Å². The smallest absolute Gasteiger partial charge is 0.311 e. The van der Waals surface area contributed by atoms with Crippen LogP contribution in [-0.4, -0.2) is 51.0 Å². The van der Waals surface area contributed by atoms with Crippen molar-refractivity contribution in [3.05, 3.63) is 51.9 Å². The van der Waals surface area contributed by atoms with Crippen molar-refractivity contribution in [1.29, 1.82) is 0 Å². The van der Waals surface area contributed by atoms with E-state index < -0.39 is 12.0 Å². The Hall–Kier alpha value is -2.97. The molecule has 2 N–H and O–H groups in total. The van der Waals surface area contributed by atoms with E-state index >= 15 is 0 Å². The molecule has 3 heterocycles. The Balaban J connectivity index is 1.61. The molecule has 0 bridgehead atoms. The minimum atomic E-state index is -0.784. The van der Waals surface area contributed by atoms with E-state index in [2.05, 4.69) is 21.7 Å². The van der Waals surface area contributed by atoms with Crippen molar-refractivity contribution in [2.45, 2.75) is 78.6 Å². The average Bonchev–Trinajstić information content (AvgIpc) is 3.22. The summed E-state index contributed by atoms with van der Waals surface area (Å²) in [5.41, 5.74) is 4.27. The summed E-state index contributed by atoms with van der Waals surface area (Å²) in [6.45, 7) is 9.22. The number of H-pyrrole nitrogens is 1. The summed E-state index contributed by atoms with van der Waals surface area (Å²) in [7, 11) is 0. The van der Waals surface area contributed by atoms with Gasteiger partial charge in [-0.25, -0.2) is 4.98 Å². The summed E-state index contributed by atoms with van der Waals surface area (Å²) in [4.78, 5) is 32.3. The Kier molecular flexibility index (Phi) is 8.82. The van der Waals surface area contributed by atoms with Gasteiger partial charge < -0.3 is 24.1 Å². The van der Waals surface area contributed by atoms with E-state index in [1.54, 1.807) is 20.0 Å². The van der Waals surface area contributed by atoms with E-state index in [0.717, 1.165) is 53.9 Å². The number of benzene rings is 1. The van der Waals surface area contributed by atoms with Crippen LogP contribution in [0.25, 0.3) is 22.4 Å². The summed E-state index contributed by atoms with van der Waals surface area (Å²) in [6, 6.07) is 8.04. The third-order valence-corrected chi connectivity index (χ3v) is 7.01. The highest BCUT2D eigenvalue weighted by atomic mass is 16.5. The molecule has 8 heteroatoms. The van der Waals surface area contributed by atoms with Gasteiger partial charge in [0, 0.05) is 23.9 Å². The molecule has 0 spiro atoms. The largest absolute Gasteiger partial charge is 0.465 e. The summed E-state index contributed by atoms with van der Waals surface area (Å²) in [6.07, 6.45) is 5.41. The van der Waals surface area contributed by atoms with Gasteiger partial charge in [-0.05, 0) is 75.6 Å². The average molecular weight is 510 g/mol. The van der Waals surface area contributed by atoms with Crippen molar-refractivity contribution in [2.24, 2.45) is 11.8 Å². The van der Waals surface area contributed by atoms with Crippen molar-refractivity contribution in [1.82, 2.24) is 14.5 Å². The molecule has 0 amide bonds. The first-order valence-corrected chi connectivity index (χ1v) is 13.4. The van der Waals surface area contributed by atoms with Gasteiger partial charge in [0.2, 0.25) is 0 Å². The number of aryl methyl sites for hydroxylation is 2. The number of nitrogens with one attached hydrogen (secondary N) is 1. The van der Waals surface area contributed by atoms with Gasteiger partial charge in [0.05, 0.1) is 42.3 Å². The molecule has 1 saturated heterocycles. The maximum absolute atomic E-state index is 12.5. The number of imidazole rings is 1. The number of carbonyl (C=O) groups is 1. The number of esters is 1. The number of pyridine rings is 1. The monoisotopic (exact) mass is 509 g/mol. The number of rotatable bonds is 10. The lowest BCUT2D eigenvalue weighted by Crippen LogP contribution is -2.29. The Morgan fingerprint density at radius 3 is 2.76 bits per heavy atom. The SMILES string of the molecule is Cc1cc(-c2nc3cc(CC[C@H](C(=O)OCC(C)C)[C@@H](C)O)ccc3n2CC2CCCCO2)c[nH]c1=O. The minimum Gasteiger partial charge on any atom is -0.465 e. The Morgan fingerprint density at radius 1 is 1.27 bits per heavy atom. The molecular weight excluding hydrogens is 470 g/mol. The number of carbonyl (C=O) groups excluding carboxylic acids is 1. The maximum Gasteiger partial charge on any atom is 0.311 e. The molecule has 4 rings (SSSR count). The number of hydrogen-bond donors (Lipinski definition) is 2. The molecule has 1 aromatic carbocycles. The number of fused-ring (bicyclic) bond motifs is 1. The second-order valence-electron chi connectivity index (χ2n) is 10.7. The third kappa shape index (κ3) is 6.67. The van der Waals surface area contributed by atoms with Gasteiger partial charge in [0.15, 0.2) is 0 Å². The van der Waals surface area contributed by atoms with Crippen LogP contribution in [-0.2, 0) is 27.2 Å². The Bertz CT molecular complexity index is 1270. The molecule has 3 atom stereocenters. The van der Waals surface area contributed by atoms with Crippen LogP contribution in [0, 0.1) is 18.8 Å². The van der Waals surface area contributed by atoms with Gasteiger partial charge in [0.1, 0.15) is 5.82 Å². The highest BCUT2D eigenvalue weighted by molar-refractivity contribution is 5.81. The van der Waals surface area contributed by atoms with Crippen molar-refractivity contribution >= 4 is 17.0 Å². The summed E-state index contributed by atoms with van der Waals surface area (Å²) in [5, 5.41) is 10.2. The fraction of sp³-hybridized carbons (Fsp3) is 0.552. The molecular formula is C29H39N3O5. The highest BCUT2D eigenvalue weighted by Crippen LogP contribution is 2.28. The zero-order valence-corrected chi connectivity index (χ0v) is 22.3. The molecule has 1 aliphatic rings. The zero-order chi connectivity index (χ0) is 26.5. The number of aromatic nitrogens is 3. The molecule has 1 aliphatic heterocycles. The Morgan fingerprint density at radius 2 is 2.08 bits per heavy atom. The molecule has 0 aliphatic carbocycles. The highest BCUT2D eigenvalue weighted by Gasteiger charge is 2.26. The topological polar surface area (TPSA) is 106 Å². The maximum atomic E-state index is 12.5. The quantitative estimate of drug-likeness (QED) is 0.393. The Labute approximate surface area is 218 Å². The van der Waals surface area contributed by atoms with Crippen LogP contribution in [0.1, 0.15) is 57.6 Å². The van der Waals surface area contributed by atoms with Crippen molar-refractivity contribution in [2.75, 3.05) is 13.2 Å². The molecule has 0 radical (unpaired) electrons. The second kappa shape index (κ2) is 12.0. The van der Waals surface area contributed by atoms with Gasteiger partial charge in [-0.1, -0.05) is 19.9 Å². The number of nitrogens with zero attached hydrogens (tertiary/aromatic N) is 2. The van der Waals surface area contributed by atoms with Crippen LogP contribution in [0.4, 0.5) is 0 Å². The molecule has 8 nitrogen and oxygen atoms in total. The fourth-order valence-corrected chi connectivity index (χ4v) is 4.85. The normalized spacial score (nSPS) is 17.7. The van der Waals surface area contributed by atoms with Crippen LogP contribution in [0.3, 0.4) is 0 Å². The lowest BCUT2D eigenvalue weighted by Gasteiger charge is -2.24. The molecule has 200 valence electrons. The first kappa shape index (κ1) is 27.1. The van der Waals surface area contributed by atoms with Crippen molar-refractivity contribution < 1.29 is 19.4 Å². The summed E-state index contributed by atoms with van der Waals surface area (Å²) < 4.78 is 13.6. The van der Waals surface area contributed by atoms with Gasteiger partial charge in [0.25, 0.3) is 5.56 Å². The molecule has 1 unspecified atom stereocenters. The molecule has 0 saturated carbocycles. The van der Waals surface area contributed by atoms with Crippen molar-refractivity contribution in [3.63, 3.8) is 0 Å². The van der Waals surface area contributed by atoms with E-state index in [0.29, 0.717) is 31.6 Å². The number of ether oxygens (including phenoxy) is 2. The number of aliphatic hydroxyl groups excluding tert-OH is 1. The van der Waals surface area contributed by atoms with E-state index in [9.17, 15) is 14.7 Å². The predicted molar refractivity (Wildman–Crippen MR) is 143 cm³/mol. The first-order chi connectivity index (χ1) is 17.7. The fourth-order valence-electron chi connectivity index (χ4n) is 4.85. The van der Waals surface area contributed by atoms with Gasteiger partial charge in [-0.15, -0.1) is 0 Å². The number of aliphatic hydroxyl groups is 1. The standard InChI is InChI=1S/C29H39N3O5/c1-18(2)17-37-29(35)24(20(4)33)10-8-21-9-11-26-25(14-21)31-27(22-13-19(3)28(34)30-15-22)32(26)16-23-7-5-6-12-36-23/h9,11,13-15,18,20,23-24,33H,5-8,10,12,16-17H2,1-4H3,(H,30,34)/t20-,23?,24+/m1/s1. The predicted octanol–water partition coefficient (Wildman–Crippen LogP) is 4.40. The van der Waals surface area contributed by atoms with E-state index in [1.807, 2.05) is 26.0 Å². The number of aromatic amines is 1.